The number of rotatable bonds is 4. The lowest BCUT2D eigenvalue weighted by Gasteiger charge is -2.21. The Bertz CT molecular complexity index is 534. The van der Waals surface area contributed by atoms with Crippen LogP contribution in [-0.2, 0) is 6.42 Å². The molecule has 0 saturated carbocycles. The van der Waals surface area contributed by atoms with Crippen LogP contribution in [0.3, 0.4) is 0 Å². The number of fused-ring (bicyclic) bond motifs is 1. The highest BCUT2D eigenvalue weighted by atomic mass is 35.5. The van der Waals surface area contributed by atoms with Crippen LogP contribution < -0.4 is 0 Å². The molecule has 0 saturated heterocycles. The molecule has 2 heteroatoms. The van der Waals surface area contributed by atoms with Crippen LogP contribution in [0.5, 0.6) is 0 Å². The van der Waals surface area contributed by atoms with Gasteiger partial charge in [-0.1, -0.05) is 35.9 Å². The summed E-state index contributed by atoms with van der Waals surface area (Å²) in [7, 11) is 2.17. The second kappa shape index (κ2) is 5.73. The predicted octanol–water partition coefficient (Wildman–Crippen LogP) is 4.38. The molecule has 1 nitrogen and oxygen atoms in total. The summed E-state index contributed by atoms with van der Waals surface area (Å²) < 4.78 is 0. The molecule has 0 aliphatic heterocycles. The van der Waals surface area contributed by atoms with Crippen molar-refractivity contribution in [2.75, 3.05) is 13.6 Å². The average Bonchev–Trinajstić information content (AvgIpc) is 2.35. The zero-order chi connectivity index (χ0) is 13.1. The van der Waals surface area contributed by atoms with Crippen LogP contribution >= 0.6 is 11.6 Å². The Balaban J connectivity index is 2.25. The van der Waals surface area contributed by atoms with E-state index in [1.54, 1.807) is 0 Å². The number of halogens is 1. The highest BCUT2D eigenvalue weighted by molar-refractivity contribution is 6.31. The second-order valence-electron chi connectivity index (χ2n) is 5.11. The summed E-state index contributed by atoms with van der Waals surface area (Å²) in [6.45, 7) is 5.52. The van der Waals surface area contributed by atoms with Gasteiger partial charge in [-0.2, -0.15) is 0 Å². The molecule has 0 spiro atoms. The normalized spacial score (nSPS) is 11.7. The average molecular weight is 262 g/mol. The van der Waals surface area contributed by atoms with Crippen LogP contribution in [0, 0.1) is 0 Å². The van der Waals surface area contributed by atoms with Crippen LogP contribution in [0.4, 0.5) is 0 Å². The molecule has 0 amide bonds. The van der Waals surface area contributed by atoms with Gasteiger partial charge in [0, 0.05) is 17.6 Å². The first-order chi connectivity index (χ1) is 8.58. The molecule has 0 unspecified atom stereocenters. The number of hydrogen-bond donors (Lipinski definition) is 0. The topological polar surface area (TPSA) is 3.24 Å². The van der Waals surface area contributed by atoms with Gasteiger partial charge in [0.2, 0.25) is 0 Å². The SMILES string of the molecule is CC(C)N(C)CCc1cccc2ccc(Cl)cc12. The summed E-state index contributed by atoms with van der Waals surface area (Å²) in [6.07, 6.45) is 1.06. The number of nitrogens with zero attached hydrogens (tertiary/aromatic N) is 1. The van der Waals surface area contributed by atoms with E-state index in [1.165, 1.54) is 16.3 Å². The van der Waals surface area contributed by atoms with E-state index in [9.17, 15) is 0 Å². The molecule has 2 aromatic carbocycles. The van der Waals surface area contributed by atoms with Crippen LogP contribution in [0.1, 0.15) is 19.4 Å². The van der Waals surface area contributed by atoms with E-state index in [0.717, 1.165) is 18.0 Å². The lowest BCUT2D eigenvalue weighted by molar-refractivity contribution is 0.278. The fourth-order valence-corrected chi connectivity index (χ4v) is 2.25. The van der Waals surface area contributed by atoms with E-state index in [4.69, 9.17) is 11.6 Å². The summed E-state index contributed by atoms with van der Waals surface area (Å²) in [5.74, 6) is 0. The minimum Gasteiger partial charge on any atom is -0.304 e. The van der Waals surface area contributed by atoms with Gasteiger partial charge in [-0.3, -0.25) is 0 Å². The van der Waals surface area contributed by atoms with E-state index in [1.807, 2.05) is 6.07 Å². The summed E-state index contributed by atoms with van der Waals surface area (Å²) in [6, 6.07) is 13.2. The molecular formula is C16H20ClN. The maximum absolute atomic E-state index is 6.09. The van der Waals surface area contributed by atoms with Gasteiger partial charge in [0.15, 0.2) is 0 Å². The molecule has 0 aromatic heterocycles. The zero-order valence-electron chi connectivity index (χ0n) is 11.3. The first kappa shape index (κ1) is 13.4. The van der Waals surface area contributed by atoms with Crippen molar-refractivity contribution in [3.05, 3.63) is 47.0 Å². The fourth-order valence-electron chi connectivity index (χ4n) is 2.08. The zero-order valence-corrected chi connectivity index (χ0v) is 12.0. The Morgan fingerprint density at radius 2 is 1.94 bits per heavy atom. The molecule has 96 valence electrons. The van der Waals surface area contributed by atoms with Gasteiger partial charge in [-0.25, -0.2) is 0 Å². The van der Waals surface area contributed by atoms with E-state index >= 15 is 0 Å². The molecular weight excluding hydrogens is 242 g/mol. The Kier molecular flexibility index (Phi) is 4.26. The summed E-state index contributed by atoms with van der Waals surface area (Å²) in [5, 5.41) is 3.36. The number of hydrogen-bond acceptors (Lipinski definition) is 1. The largest absolute Gasteiger partial charge is 0.304 e. The molecule has 18 heavy (non-hydrogen) atoms. The van der Waals surface area contributed by atoms with Crippen molar-refractivity contribution in [3.8, 4) is 0 Å². The number of benzene rings is 2. The minimum atomic E-state index is 0.587. The Labute approximate surface area is 114 Å². The smallest absolute Gasteiger partial charge is 0.0412 e. The quantitative estimate of drug-likeness (QED) is 0.790. The van der Waals surface area contributed by atoms with Gasteiger partial charge in [0.1, 0.15) is 0 Å². The van der Waals surface area contributed by atoms with Gasteiger partial charge in [-0.15, -0.1) is 0 Å². The Morgan fingerprint density at radius 3 is 2.67 bits per heavy atom. The molecule has 0 N–H and O–H groups in total. The minimum absolute atomic E-state index is 0.587. The third kappa shape index (κ3) is 3.04. The van der Waals surface area contributed by atoms with Crippen molar-refractivity contribution in [1.82, 2.24) is 4.90 Å². The van der Waals surface area contributed by atoms with Crippen molar-refractivity contribution in [2.45, 2.75) is 26.3 Å². The maximum Gasteiger partial charge on any atom is 0.0412 e. The molecule has 0 heterocycles. The van der Waals surface area contributed by atoms with Crippen LogP contribution in [0.15, 0.2) is 36.4 Å². The summed E-state index contributed by atoms with van der Waals surface area (Å²) in [4.78, 5) is 2.36. The second-order valence-corrected chi connectivity index (χ2v) is 5.54. The third-order valence-corrected chi connectivity index (χ3v) is 3.78. The molecule has 0 atom stereocenters. The molecule has 2 aromatic rings. The van der Waals surface area contributed by atoms with Crippen molar-refractivity contribution in [2.24, 2.45) is 0 Å². The Hall–Kier alpha value is -1.05. The van der Waals surface area contributed by atoms with Crippen molar-refractivity contribution in [3.63, 3.8) is 0 Å². The summed E-state index contributed by atoms with van der Waals surface area (Å²) >= 11 is 6.09. The maximum atomic E-state index is 6.09. The van der Waals surface area contributed by atoms with Crippen LogP contribution in [0.2, 0.25) is 5.02 Å². The van der Waals surface area contributed by atoms with Crippen LogP contribution in [0.25, 0.3) is 10.8 Å². The molecule has 0 radical (unpaired) electrons. The van der Waals surface area contributed by atoms with E-state index in [0.29, 0.717) is 6.04 Å². The monoisotopic (exact) mass is 261 g/mol. The standard InChI is InChI=1S/C16H20ClN/c1-12(2)18(3)10-9-14-6-4-5-13-7-8-15(17)11-16(13)14/h4-8,11-12H,9-10H2,1-3H3. The van der Waals surface area contributed by atoms with Gasteiger partial charge >= 0.3 is 0 Å². The first-order valence-electron chi connectivity index (χ1n) is 6.45. The van der Waals surface area contributed by atoms with Gasteiger partial charge in [0.05, 0.1) is 0 Å². The Morgan fingerprint density at radius 1 is 1.17 bits per heavy atom. The molecule has 0 bridgehead atoms. The third-order valence-electron chi connectivity index (χ3n) is 3.55. The molecule has 2 rings (SSSR count). The van der Waals surface area contributed by atoms with Gasteiger partial charge in [0.25, 0.3) is 0 Å². The highest BCUT2D eigenvalue weighted by Crippen LogP contribution is 2.23. The van der Waals surface area contributed by atoms with Crippen molar-refractivity contribution < 1.29 is 0 Å². The highest BCUT2D eigenvalue weighted by Gasteiger charge is 2.06. The molecule has 0 aliphatic rings. The van der Waals surface area contributed by atoms with E-state index in [-0.39, 0.29) is 0 Å². The lowest BCUT2D eigenvalue weighted by Crippen LogP contribution is -2.28. The predicted molar refractivity (Wildman–Crippen MR) is 80.4 cm³/mol. The lowest BCUT2D eigenvalue weighted by atomic mass is 10.0. The van der Waals surface area contributed by atoms with E-state index < -0.39 is 0 Å². The van der Waals surface area contributed by atoms with Gasteiger partial charge < -0.3 is 4.90 Å². The van der Waals surface area contributed by atoms with Crippen molar-refractivity contribution >= 4 is 22.4 Å². The van der Waals surface area contributed by atoms with E-state index in [2.05, 4.69) is 56.1 Å². The molecule has 0 fully saturated rings. The number of likely N-dealkylation sites (N-methyl/N-ethyl adjacent to an activating group) is 1. The fraction of sp³-hybridized carbons (Fsp3) is 0.375. The van der Waals surface area contributed by atoms with Crippen LogP contribution in [-0.4, -0.2) is 24.5 Å². The van der Waals surface area contributed by atoms with Crippen molar-refractivity contribution in [1.29, 1.82) is 0 Å². The summed E-state index contributed by atoms with van der Waals surface area (Å²) in [5.41, 5.74) is 1.38. The first-order valence-corrected chi connectivity index (χ1v) is 6.83. The molecule has 0 aliphatic carbocycles. The van der Waals surface area contributed by atoms with Gasteiger partial charge in [-0.05, 0) is 55.8 Å².